The molecule has 1 heterocycles. The Labute approximate surface area is 106 Å². The van der Waals surface area contributed by atoms with Crippen LogP contribution in [-0.4, -0.2) is 42.3 Å². The van der Waals surface area contributed by atoms with Crippen LogP contribution in [-0.2, 0) is 4.74 Å². The molecule has 0 radical (unpaired) electrons. The molecule has 0 spiro atoms. The standard InChI is InChI=1S/C14H28N2O/c1-11-5-4-6-14(15,7-11)10-16-8-13(3)17-9-12(16)2/h11-13H,4-10,15H2,1-3H3. The molecule has 17 heavy (non-hydrogen) atoms. The largest absolute Gasteiger partial charge is 0.376 e. The summed E-state index contributed by atoms with van der Waals surface area (Å²) in [6.45, 7) is 9.69. The quantitative estimate of drug-likeness (QED) is 0.802. The Morgan fingerprint density at radius 3 is 2.82 bits per heavy atom. The topological polar surface area (TPSA) is 38.5 Å². The number of rotatable bonds is 2. The van der Waals surface area contributed by atoms with Gasteiger partial charge in [-0.2, -0.15) is 0 Å². The first kappa shape index (κ1) is 13.3. The van der Waals surface area contributed by atoms with E-state index in [1.807, 2.05) is 0 Å². The van der Waals surface area contributed by atoms with Crippen LogP contribution in [0.3, 0.4) is 0 Å². The molecule has 1 saturated heterocycles. The van der Waals surface area contributed by atoms with E-state index in [-0.39, 0.29) is 5.54 Å². The third-order valence-electron chi connectivity index (χ3n) is 4.38. The Hall–Kier alpha value is -0.120. The van der Waals surface area contributed by atoms with Crippen molar-refractivity contribution in [3.8, 4) is 0 Å². The molecule has 1 aliphatic carbocycles. The molecule has 3 heteroatoms. The SMILES string of the molecule is CC1CCCC(N)(CN2CC(C)OCC2C)C1. The number of hydrogen-bond donors (Lipinski definition) is 1. The van der Waals surface area contributed by atoms with E-state index in [4.69, 9.17) is 10.5 Å². The first-order valence-electron chi connectivity index (χ1n) is 7.13. The fraction of sp³-hybridized carbons (Fsp3) is 1.00. The van der Waals surface area contributed by atoms with Crippen molar-refractivity contribution < 1.29 is 4.74 Å². The second-order valence-electron chi connectivity index (χ2n) is 6.49. The first-order valence-corrected chi connectivity index (χ1v) is 7.13. The summed E-state index contributed by atoms with van der Waals surface area (Å²) >= 11 is 0. The van der Waals surface area contributed by atoms with Crippen molar-refractivity contribution in [2.75, 3.05) is 19.7 Å². The molecule has 0 aromatic rings. The van der Waals surface area contributed by atoms with Gasteiger partial charge in [-0.15, -0.1) is 0 Å². The van der Waals surface area contributed by atoms with Crippen molar-refractivity contribution in [1.82, 2.24) is 4.90 Å². The van der Waals surface area contributed by atoms with E-state index in [2.05, 4.69) is 25.7 Å². The molecule has 0 aromatic carbocycles. The molecule has 3 nitrogen and oxygen atoms in total. The van der Waals surface area contributed by atoms with Crippen molar-refractivity contribution in [3.05, 3.63) is 0 Å². The van der Waals surface area contributed by atoms with E-state index in [0.717, 1.165) is 25.6 Å². The molecule has 4 atom stereocenters. The monoisotopic (exact) mass is 240 g/mol. The maximum atomic E-state index is 6.61. The van der Waals surface area contributed by atoms with Gasteiger partial charge < -0.3 is 10.5 Å². The Kier molecular flexibility index (Phi) is 4.11. The first-order chi connectivity index (χ1) is 7.98. The summed E-state index contributed by atoms with van der Waals surface area (Å²) in [5, 5.41) is 0. The molecule has 2 rings (SSSR count). The van der Waals surface area contributed by atoms with E-state index in [0.29, 0.717) is 12.1 Å². The van der Waals surface area contributed by atoms with E-state index in [1.54, 1.807) is 0 Å². The lowest BCUT2D eigenvalue weighted by molar-refractivity contribution is -0.0589. The maximum Gasteiger partial charge on any atom is 0.0674 e. The van der Waals surface area contributed by atoms with Crippen LogP contribution in [0.5, 0.6) is 0 Å². The summed E-state index contributed by atoms with van der Waals surface area (Å²) in [5.74, 6) is 0.794. The van der Waals surface area contributed by atoms with Gasteiger partial charge in [0.25, 0.3) is 0 Å². The fourth-order valence-electron chi connectivity index (χ4n) is 3.44. The molecule has 1 aliphatic heterocycles. The Morgan fingerprint density at radius 2 is 2.12 bits per heavy atom. The summed E-state index contributed by atoms with van der Waals surface area (Å²) in [5.41, 5.74) is 6.65. The summed E-state index contributed by atoms with van der Waals surface area (Å²) in [4.78, 5) is 2.53. The van der Waals surface area contributed by atoms with Gasteiger partial charge in [0.1, 0.15) is 0 Å². The van der Waals surface area contributed by atoms with Crippen LogP contribution < -0.4 is 5.73 Å². The highest BCUT2D eigenvalue weighted by atomic mass is 16.5. The molecule has 0 amide bonds. The van der Waals surface area contributed by atoms with Gasteiger partial charge in [0.15, 0.2) is 0 Å². The number of ether oxygens (including phenoxy) is 1. The van der Waals surface area contributed by atoms with Gasteiger partial charge in [-0.05, 0) is 32.6 Å². The minimum Gasteiger partial charge on any atom is -0.376 e. The van der Waals surface area contributed by atoms with Crippen LogP contribution in [0.15, 0.2) is 0 Å². The lowest BCUT2D eigenvalue weighted by Gasteiger charge is -2.45. The van der Waals surface area contributed by atoms with E-state index < -0.39 is 0 Å². The van der Waals surface area contributed by atoms with Gasteiger partial charge in [0.2, 0.25) is 0 Å². The normalized spacial score (nSPS) is 44.8. The van der Waals surface area contributed by atoms with Crippen LogP contribution in [0.2, 0.25) is 0 Å². The van der Waals surface area contributed by atoms with Crippen molar-refractivity contribution in [3.63, 3.8) is 0 Å². The maximum absolute atomic E-state index is 6.61. The lowest BCUT2D eigenvalue weighted by Crippen LogP contribution is -2.58. The zero-order chi connectivity index (χ0) is 12.5. The fourth-order valence-corrected chi connectivity index (χ4v) is 3.44. The van der Waals surface area contributed by atoms with Gasteiger partial charge in [0, 0.05) is 24.7 Å². The van der Waals surface area contributed by atoms with Gasteiger partial charge in [-0.3, -0.25) is 4.90 Å². The van der Waals surface area contributed by atoms with Crippen LogP contribution in [0.4, 0.5) is 0 Å². The molecule has 2 fully saturated rings. The zero-order valence-electron chi connectivity index (χ0n) is 11.6. The van der Waals surface area contributed by atoms with Crippen molar-refractivity contribution in [2.24, 2.45) is 11.7 Å². The Bertz CT molecular complexity index is 259. The smallest absolute Gasteiger partial charge is 0.0674 e. The summed E-state index contributed by atoms with van der Waals surface area (Å²) in [6.07, 6.45) is 5.39. The minimum absolute atomic E-state index is 0.0446. The lowest BCUT2D eigenvalue weighted by atomic mass is 9.76. The second kappa shape index (κ2) is 5.25. The van der Waals surface area contributed by atoms with Crippen molar-refractivity contribution >= 4 is 0 Å². The van der Waals surface area contributed by atoms with Gasteiger partial charge in [0.05, 0.1) is 12.7 Å². The average molecular weight is 240 g/mol. The molecular weight excluding hydrogens is 212 g/mol. The van der Waals surface area contributed by atoms with Crippen molar-refractivity contribution in [1.29, 1.82) is 0 Å². The average Bonchev–Trinajstić information content (AvgIpc) is 2.22. The number of hydrogen-bond acceptors (Lipinski definition) is 3. The highest BCUT2D eigenvalue weighted by Gasteiger charge is 2.35. The van der Waals surface area contributed by atoms with Gasteiger partial charge in [-0.1, -0.05) is 19.8 Å². The summed E-state index contributed by atoms with van der Waals surface area (Å²) in [7, 11) is 0. The zero-order valence-corrected chi connectivity index (χ0v) is 11.6. The molecule has 2 aliphatic rings. The number of morpholine rings is 1. The van der Waals surface area contributed by atoms with Crippen LogP contribution in [0, 0.1) is 5.92 Å². The summed E-state index contributed by atoms with van der Waals surface area (Å²) < 4.78 is 5.68. The van der Waals surface area contributed by atoms with Gasteiger partial charge >= 0.3 is 0 Å². The minimum atomic E-state index is 0.0446. The Morgan fingerprint density at radius 1 is 1.35 bits per heavy atom. The number of nitrogens with zero attached hydrogens (tertiary/aromatic N) is 1. The second-order valence-corrected chi connectivity index (χ2v) is 6.49. The predicted octanol–water partition coefficient (Wildman–Crippen LogP) is 2.00. The van der Waals surface area contributed by atoms with E-state index in [1.165, 1.54) is 25.7 Å². The van der Waals surface area contributed by atoms with E-state index in [9.17, 15) is 0 Å². The summed E-state index contributed by atoms with van der Waals surface area (Å²) in [6, 6.07) is 0.517. The van der Waals surface area contributed by atoms with E-state index >= 15 is 0 Å². The molecule has 0 aromatic heterocycles. The molecule has 2 N–H and O–H groups in total. The van der Waals surface area contributed by atoms with Crippen LogP contribution >= 0.6 is 0 Å². The molecule has 4 unspecified atom stereocenters. The number of nitrogens with two attached hydrogens (primary N) is 1. The van der Waals surface area contributed by atoms with Gasteiger partial charge in [-0.25, -0.2) is 0 Å². The predicted molar refractivity (Wildman–Crippen MR) is 71.0 cm³/mol. The molecular formula is C14H28N2O. The third-order valence-corrected chi connectivity index (χ3v) is 4.38. The van der Waals surface area contributed by atoms with Crippen molar-refractivity contribution in [2.45, 2.75) is 64.1 Å². The van der Waals surface area contributed by atoms with Crippen LogP contribution in [0.1, 0.15) is 46.5 Å². The molecule has 0 bridgehead atoms. The molecule has 100 valence electrons. The third kappa shape index (κ3) is 3.43. The Balaban J connectivity index is 1.93. The van der Waals surface area contributed by atoms with Crippen LogP contribution in [0.25, 0.3) is 0 Å². The molecule has 1 saturated carbocycles. The highest BCUT2D eigenvalue weighted by Crippen LogP contribution is 2.31. The highest BCUT2D eigenvalue weighted by molar-refractivity contribution is 4.94.